The van der Waals surface area contributed by atoms with Gasteiger partial charge in [-0.3, -0.25) is 0 Å². The van der Waals surface area contributed by atoms with Crippen molar-refractivity contribution in [2.45, 2.75) is 46.2 Å². The largest absolute Gasteiger partial charge is 0.486 e. The fraction of sp³-hybridized carbons (Fsp3) is 0.524. The van der Waals surface area contributed by atoms with Crippen LogP contribution in [0.15, 0.2) is 33.8 Å². The fourth-order valence-electron chi connectivity index (χ4n) is 2.88. The van der Waals surface area contributed by atoms with E-state index in [2.05, 4.69) is 54.0 Å². The average molecular weight is 514 g/mol. The number of oxazole rings is 1. The summed E-state index contributed by atoms with van der Waals surface area (Å²) < 4.78 is 17.1. The van der Waals surface area contributed by atoms with E-state index in [0.717, 1.165) is 35.3 Å². The molecule has 7 nitrogen and oxygen atoms in total. The molecular formula is C21H31IN4O3. The highest BCUT2D eigenvalue weighted by molar-refractivity contribution is 14.0. The summed E-state index contributed by atoms with van der Waals surface area (Å²) in [7, 11) is 2.01. The van der Waals surface area contributed by atoms with Gasteiger partial charge in [-0.2, -0.15) is 0 Å². The molecule has 8 heteroatoms. The van der Waals surface area contributed by atoms with E-state index in [0.29, 0.717) is 32.2 Å². The molecule has 1 aliphatic heterocycles. The van der Waals surface area contributed by atoms with Gasteiger partial charge in [-0.1, -0.05) is 26.8 Å². The van der Waals surface area contributed by atoms with Crippen LogP contribution in [-0.2, 0) is 18.5 Å². The zero-order chi connectivity index (χ0) is 20.1. The Morgan fingerprint density at radius 2 is 1.93 bits per heavy atom. The van der Waals surface area contributed by atoms with Gasteiger partial charge in [-0.25, -0.2) is 9.98 Å². The van der Waals surface area contributed by atoms with Gasteiger partial charge in [0.25, 0.3) is 0 Å². The monoisotopic (exact) mass is 514 g/mol. The predicted molar refractivity (Wildman–Crippen MR) is 124 cm³/mol. The molecule has 1 aromatic carbocycles. The third-order valence-electron chi connectivity index (χ3n) is 4.38. The van der Waals surface area contributed by atoms with Gasteiger partial charge >= 0.3 is 0 Å². The van der Waals surface area contributed by atoms with Crippen LogP contribution in [0.25, 0.3) is 0 Å². The first-order valence-electron chi connectivity index (χ1n) is 9.70. The molecule has 3 rings (SSSR count). The van der Waals surface area contributed by atoms with Crippen molar-refractivity contribution in [3.63, 3.8) is 0 Å². The van der Waals surface area contributed by atoms with E-state index in [-0.39, 0.29) is 29.4 Å². The van der Waals surface area contributed by atoms with Crippen LogP contribution in [-0.4, -0.2) is 42.6 Å². The number of hydrogen-bond donors (Lipinski definition) is 1. The Morgan fingerprint density at radius 3 is 2.59 bits per heavy atom. The minimum atomic E-state index is -0.0610. The summed E-state index contributed by atoms with van der Waals surface area (Å²) in [4.78, 5) is 11.1. The van der Waals surface area contributed by atoms with Gasteiger partial charge in [-0.15, -0.1) is 24.0 Å². The molecule has 0 saturated heterocycles. The summed E-state index contributed by atoms with van der Waals surface area (Å²) in [6.45, 7) is 11.4. The molecule has 29 heavy (non-hydrogen) atoms. The molecule has 1 aliphatic rings. The lowest BCUT2D eigenvalue weighted by molar-refractivity contribution is 0.171. The maximum Gasteiger partial charge on any atom is 0.216 e. The molecule has 0 spiro atoms. The van der Waals surface area contributed by atoms with Crippen LogP contribution in [0.1, 0.15) is 44.9 Å². The number of nitrogens with one attached hydrogen (secondary N) is 1. The lowest BCUT2D eigenvalue weighted by Gasteiger charge is -2.23. The summed E-state index contributed by atoms with van der Waals surface area (Å²) in [5.41, 5.74) is 1.07. The molecule has 0 atom stereocenters. The Morgan fingerprint density at radius 1 is 1.21 bits per heavy atom. The normalized spacial score (nSPS) is 13.6. The van der Waals surface area contributed by atoms with Crippen LogP contribution in [0.4, 0.5) is 0 Å². The number of halogens is 1. The van der Waals surface area contributed by atoms with E-state index in [4.69, 9.17) is 13.9 Å². The first kappa shape index (κ1) is 23.3. The lowest BCUT2D eigenvalue weighted by Crippen LogP contribution is -2.38. The summed E-state index contributed by atoms with van der Waals surface area (Å²) >= 11 is 0. The zero-order valence-corrected chi connectivity index (χ0v) is 20.1. The number of ether oxygens (including phenoxy) is 2. The van der Waals surface area contributed by atoms with Gasteiger partial charge in [0.1, 0.15) is 25.5 Å². The highest BCUT2D eigenvalue weighted by Gasteiger charge is 2.19. The van der Waals surface area contributed by atoms with Crippen LogP contribution in [0.3, 0.4) is 0 Å². The molecule has 0 aliphatic carbocycles. The van der Waals surface area contributed by atoms with Crippen molar-refractivity contribution in [2.24, 2.45) is 4.99 Å². The molecule has 2 aromatic rings. The van der Waals surface area contributed by atoms with Crippen molar-refractivity contribution in [2.75, 3.05) is 26.8 Å². The van der Waals surface area contributed by atoms with Crippen molar-refractivity contribution in [1.82, 2.24) is 15.2 Å². The third kappa shape index (κ3) is 6.25. The molecule has 0 amide bonds. The third-order valence-corrected chi connectivity index (χ3v) is 4.38. The van der Waals surface area contributed by atoms with Gasteiger partial charge in [0.2, 0.25) is 5.89 Å². The van der Waals surface area contributed by atoms with Crippen LogP contribution in [0, 0.1) is 0 Å². The summed E-state index contributed by atoms with van der Waals surface area (Å²) in [5.74, 6) is 3.89. The SMILES string of the molecule is CCNC(=NCc1ncc(C(C)(C)C)o1)N(C)Cc1ccc2c(c1)OCCO2.I. The summed E-state index contributed by atoms with van der Waals surface area (Å²) in [6.07, 6.45) is 1.79. The van der Waals surface area contributed by atoms with Crippen molar-refractivity contribution < 1.29 is 13.9 Å². The van der Waals surface area contributed by atoms with E-state index in [1.807, 2.05) is 19.2 Å². The topological polar surface area (TPSA) is 72.1 Å². The molecule has 2 heterocycles. The predicted octanol–water partition coefficient (Wildman–Crippen LogP) is 3.96. The second-order valence-electron chi connectivity index (χ2n) is 7.87. The van der Waals surface area contributed by atoms with Crippen molar-refractivity contribution >= 4 is 29.9 Å². The number of guanidine groups is 1. The number of aromatic nitrogens is 1. The van der Waals surface area contributed by atoms with Crippen LogP contribution < -0.4 is 14.8 Å². The molecular weight excluding hydrogens is 483 g/mol. The van der Waals surface area contributed by atoms with Crippen molar-refractivity contribution in [3.05, 3.63) is 41.6 Å². The second kappa shape index (κ2) is 10.2. The molecule has 0 unspecified atom stereocenters. The van der Waals surface area contributed by atoms with E-state index in [9.17, 15) is 0 Å². The number of aliphatic imine (C=N–C) groups is 1. The molecule has 0 fully saturated rings. The standard InChI is InChI=1S/C21H30N4O3.HI/c1-6-22-20(24-13-19-23-12-18(28-19)21(2,3)4)25(5)14-15-7-8-16-17(11-15)27-10-9-26-16;/h7-8,11-12H,6,9-10,13-14H2,1-5H3,(H,22,24);1H. The maximum atomic E-state index is 5.84. The molecule has 1 N–H and O–H groups in total. The fourth-order valence-corrected chi connectivity index (χ4v) is 2.88. The quantitative estimate of drug-likeness (QED) is 0.370. The Hall–Kier alpha value is -1.97. The second-order valence-corrected chi connectivity index (χ2v) is 7.87. The van der Waals surface area contributed by atoms with Gasteiger partial charge in [0.15, 0.2) is 17.5 Å². The van der Waals surface area contributed by atoms with Crippen LogP contribution >= 0.6 is 24.0 Å². The van der Waals surface area contributed by atoms with Gasteiger partial charge in [0.05, 0.1) is 6.20 Å². The van der Waals surface area contributed by atoms with E-state index in [1.165, 1.54) is 0 Å². The van der Waals surface area contributed by atoms with Crippen LogP contribution in [0.5, 0.6) is 11.5 Å². The van der Waals surface area contributed by atoms with Gasteiger partial charge in [0, 0.05) is 25.6 Å². The Balaban J connectivity index is 0.00000300. The number of rotatable bonds is 5. The molecule has 1 aromatic heterocycles. The van der Waals surface area contributed by atoms with Crippen molar-refractivity contribution in [1.29, 1.82) is 0 Å². The Bertz CT molecular complexity index is 830. The van der Waals surface area contributed by atoms with E-state index >= 15 is 0 Å². The van der Waals surface area contributed by atoms with E-state index in [1.54, 1.807) is 6.20 Å². The number of benzene rings is 1. The average Bonchev–Trinajstić information content (AvgIpc) is 3.14. The summed E-state index contributed by atoms with van der Waals surface area (Å²) in [5, 5.41) is 3.32. The maximum absolute atomic E-state index is 5.84. The Kier molecular flexibility index (Phi) is 8.18. The van der Waals surface area contributed by atoms with Crippen molar-refractivity contribution in [3.8, 4) is 11.5 Å². The minimum Gasteiger partial charge on any atom is -0.486 e. The highest BCUT2D eigenvalue weighted by atomic mass is 127. The van der Waals surface area contributed by atoms with Gasteiger partial charge < -0.3 is 24.1 Å². The number of hydrogen-bond acceptors (Lipinski definition) is 5. The molecule has 160 valence electrons. The summed E-state index contributed by atoms with van der Waals surface area (Å²) in [6, 6.07) is 6.04. The zero-order valence-electron chi connectivity index (χ0n) is 17.8. The number of nitrogens with zero attached hydrogens (tertiary/aromatic N) is 3. The first-order valence-corrected chi connectivity index (χ1v) is 9.70. The smallest absolute Gasteiger partial charge is 0.216 e. The molecule has 0 saturated carbocycles. The Labute approximate surface area is 189 Å². The van der Waals surface area contributed by atoms with Gasteiger partial charge in [-0.05, 0) is 24.6 Å². The first-order chi connectivity index (χ1) is 13.4. The minimum absolute atomic E-state index is 0. The highest BCUT2D eigenvalue weighted by Crippen LogP contribution is 2.31. The van der Waals surface area contributed by atoms with E-state index < -0.39 is 0 Å². The number of fused-ring (bicyclic) bond motifs is 1. The lowest BCUT2D eigenvalue weighted by atomic mass is 9.94. The van der Waals surface area contributed by atoms with Crippen LogP contribution in [0.2, 0.25) is 0 Å². The molecule has 0 bridgehead atoms. The molecule has 0 radical (unpaired) electrons.